The highest BCUT2D eigenvalue weighted by Crippen LogP contribution is 2.28. The number of nitrogens with zero attached hydrogens (tertiary/aromatic N) is 2. The van der Waals surface area contributed by atoms with E-state index in [0.29, 0.717) is 11.6 Å². The second-order valence-electron chi connectivity index (χ2n) is 5.58. The Labute approximate surface area is 114 Å². The normalized spacial score (nSPS) is 19.8. The molecule has 0 saturated carbocycles. The molecule has 4 heteroatoms. The number of benzene rings is 1. The number of rotatable bonds is 3. The van der Waals surface area contributed by atoms with Crippen LogP contribution in [0.3, 0.4) is 0 Å². The summed E-state index contributed by atoms with van der Waals surface area (Å²) in [5, 5.41) is 9.28. The van der Waals surface area contributed by atoms with Crippen LogP contribution in [0.2, 0.25) is 0 Å². The van der Waals surface area contributed by atoms with E-state index in [1.54, 1.807) is 12.1 Å². The molecule has 1 aliphatic rings. The number of phenolic OH excluding ortho intramolecular Hbond substituents is 1. The second kappa shape index (κ2) is 5.88. The molecule has 0 amide bonds. The summed E-state index contributed by atoms with van der Waals surface area (Å²) < 4.78 is 13.9. The van der Waals surface area contributed by atoms with Gasteiger partial charge in [0, 0.05) is 23.7 Å². The van der Waals surface area contributed by atoms with Crippen molar-refractivity contribution < 1.29 is 9.50 Å². The predicted octanol–water partition coefficient (Wildman–Crippen LogP) is 2.62. The zero-order valence-electron chi connectivity index (χ0n) is 11.9. The molecule has 19 heavy (non-hydrogen) atoms. The van der Waals surface area contributed by atoms with Gasteiger partial charge >= 0.3 is 0 Å². The second-order valence-corrected chi connectivity index (χ2v) is 5.58. The maximum Gasteiger partial charge on any atom is 0.131 e. The highest BCUT2D eigenvalue weighted by Gasteiger charge is 2.25. The van der Waals surface area contributed by atoms with Crippen LogP contribution in [0.5, 0.6) is 5.75 Å². The number of hydrogen-bond donors (Lipinski definition) is 1. The lowest BCUT2D eigenvalue weighted by Crippen LogP contribution is -2.42. The Balaban J connectivity index is 2.08. The Hall–Kier alpha value is -1.13. The maximum atomic E-state index is 13.9. The van der Waals surface area contributed by atoms with Crippen molar-refractivity contribution in [2.24, 2.45) is 0 Å². The fourth-order valence-electron chi connectivity index (χ4n) is 2.79. The lowest BCUT2D eigenvalue weighted by atomic mass is 9.99. The molecule has 1 heterocycles. The lowest BCUT2D eigenvalue weighted by molar-refractivity contribution is 0.112. The molecule has 1 unspecified atom stereocenters. The van der Waals surface area contributed by atoms with Crippen molar-refractivity contribution in [2.75, 3.05) is 27.2 Å². The minimum absolute atomic E-state index is 0.0182. The van der Waals surface area contributed by atoms with Crippen LogP contribution < -0.4 is 0 Å². The quantitative estimate of drug-likeness (QED) is 0.911. The molecule has 0 radical (unpaired) electrons. The third kappa shape index (κ3) is 3.25. The Bertz CT molecular complexity index is 430. The van der Waals surface area contributed by atoms with E-state index < -0.39 is 0 Å². The van der Waals surface area contributed by atoms with Crippen molar-refractivity contribution in [1.82, 2.24) is 9.80 Å². The van der Waals surface area contributed by atoms with Gasteiger partial charge in [0.1, 0.15) is 11.6 Å². The van der Waals surface area contributed by atoms with Crippen molar-refractivity contribution in [3.8, 4) is 5.75 Å². The summed E-state index contributed by atoms with van der Waals surface area (Å²) in [7, 11) is 4.20. The van der Waals surface area contributed by atoms with Crippen molar-refractivity contribution >= 4 is 0 Å². The van der Waals surface area contributed by atoms with Gasteiger partial charge in [-0.3, -0.25) is 4.90 Å². The first kappa shape index (κ1) is 14.3. The number of aromatic hydroxyl groups is 1. The molecular weight excluding hydrogens is 243 g/mol. The highest BCUT2D eigenvalue weighted by molar-refractivity contribution is 5.29. The summed E-state index contributed by atoms with van der Waals surface area (Å²) in [6.07, 6.45) is 2.24. The Kier molecular flexibility index (Phi) is 4.42. The number of halogens is 1. The summed E-state index contributed by atoms with van der Waals surface area (Å²) in [4.78, 5) is 4.58. The largest absolute Gasteiger partial charge is 0.508 e. The maximum absolute atomic E-state index is 13.9. The molecule has 0 spiro atoms. The number of likely N-dealkylation sites (tertiary alicyclic amines) is 1. The third-order valence-electron chi connectivity index (χ3n) is 4.31. The topological polar surface area (TPSA) is 26.7 Å². The molecule has 2 rings (SSSR count). The number of phenols is 1. The van der Waals surface area contributed by atoms with Crippen LogP contribution in [0.1, 0.15) is 31.4 Å². The average molecular weight is 266 g/mol. The van der Waals surface area contributed by atoms with E-state index in [1.165, 1.54) is 6.07 Å². The van der Waals surface area contributed by atoms with Crippen LogP contribution in [0.25, 0.3) is 0 Å². The SMILES string of the molecule is CC(c1ccc(O)cc1F)N(C)C1CCN(C)CC1. The van der Waals surface area contributed by atoms with Crippen LogP contribution in [0, 0.1) is 5.82 Å². The van der Waals surface area contributed by atoms with E-state index in [1.807, 2.05) is 6.92 Å². The van der Waals surface area contributed by atoms with Gasteiger partial charge in [0.15, 0.2) is 0 Å². The van der Waals surface area contributed by atoms with E-state index in [0.717, 1.165) is 25.9 Å². The monoisotopic (exact) mass is 266 g/mol. The highest BCUT2D eigenvalue weighted by atomic mass is 19.1. The van der Waals surface area contributed by atoms with Crippen LogP contribution in [0.15, 0.2) is 18.2 Å². The molecule has 0 aliphatic carbocycles. The first-order valence-corrected chi connectivity index (χ1v) is 6.88. The minimum Gasteiger partial charge on any atom is -0.508 e. The summed E-state index contributed by atoms with van der Waals surface area (Å²) in [5.41, 5.74) is 0.652. The first-order valence-electron chi connectivity index (χ1n) is 6.88. The summed E-state index contributed by atoms with van der Waals surface area (Å²) >= 11 is 0. The number of piperidine rings is 1. The standard InChI is InChI=1S/C15H23FN2O/c1-11(14-5-4-13(19)10-15(14)16)18(3)12-6-8-17(2)9-7-12/h4-5,10-12,19H,6-9H2,1-3H3. The van der Waals surface area contributed by atoms with Gasteiger partial charge in [-0.25, -0.2) is 4.39 Å². The van der Waals surface area contributed by atoms with Crippen molar-refractivity contribution in [3.05, 3.63) is 29.6 Å². The molecule has 1 aromatic rings. The van der Waals surface area contributed by atoms with Crippen LogP contribution >= 0.6 is 0 Å². The molecule has 3 nitrogen and oxygen atoms in total. The molecule has 1 N–H and O–H groups in total. The van der Waals surface area contributed by atoms with Gasteiger partial charge in [-0.1, -0.05) is 6.07 Å². The van der Waals surface area contributed by atoms with Crippen molar-refractivity contribution in [2.45, 2.75) is 31.8 Å². The smallest absolute Gasteiger partial charge is 0.131 e. The van der Waals surface area contributed by atoms with Crippen LogP contribution in [-0.4, -0.2) is 48.1 Å². The molecule has 1 atom stereocenters. The zero-order chi connectivity index (χ0) is 14.0. The van der Waals surface area contributed by atoms with Gasteiger partial charge < -0.3 is 10.0 Å². The first-order chi connectivity index (χ1) is 8.99. The fraction of sp³-hybridized carbons (Fsp3) is 0.600. The molecule has 0 bridgehead atoms. The molecule has 0 aromatic heterocycles. The van der Waals surface area contributed by atoms with Gasteiger partial charge in [-0.2, -0.15) is 0 Å². The van der Waals surface area contributed by atoms with Gasteiger partial charge in [0.25, 0.3) is 0 Å². The Morgan fingerprint density at radius 2 is 2.00 bits per heavy atom. The third-order valence-corrected chi connectivity index (χ3v) is 4.31. The minimum atomic E-state index is -0.327. The molecule has 106 valence electrons. The predicted molar refractivity (Wildman–Crippen MR) is 74.8 cm³/mol. The van der Waals surface area contributed by atoms with Gasteiger partial charge in [0.05, 0.1) is 0 Å². The molecule has 1 aliphatic heterocycles. The Morgan fingerprint density at radius 1 is 1.37 bits per heavy atom. The van der Waals surface area contributed by atoms with Crippen LogP contribution in [-0.2, 0) is 0 Å². The van der Waals surface area contributed by atoms with E-state index in [2.05, 4.69) is 23.9 Å². The van der Waals surface area contributed by atoms with Gasteiger partial charge in [-0.15, -0.1) is 0 Å². The molecular formula is C15H23FN2O. The Morgan fingerprint density at radius 3 is 2.58 bits per heavy atom. The summed E-state index contributed by atoms with van der Waals surface area (Å²) in [6.45, 7) is 4.22. The zero-order valence-corrected chi connectivity index (χ0v) is 11.9. The van der Waals surface area contributed by atoms with Crippen molar-refractivity contribution in [3.63, 3.8) is 0 Å². The van der Waals surface area contributed by atoms with Gasteiger partial charge in [-0.05, 0) is 53.0 Å². The number of hydrogen-bond acceptors (Lipinski definition) is 3. The average Bonchev–Trinajstić information content (AvgIpc) is 2.38. The molecule has 1 saturated heterocycles. The van der Waals surface area contributed by atoms with E-state index in [9.17, 15) is 9.50 Å². The lowest BCUT2D eigenvalue weighted by Gasteiger charge is -2.38. The molecule has 1 aromatic carbocycles. The van der Waals surface area contributed by atoms with Crippen LogP contribution in [0.4, 0.5) is 4.39 Å². The summed E-state index contributed by atoms with van der Waals surface area (Å²) in [5.74, 6) is -0.345. The van der Waals surface area contributed by atoms with E-state index in [4.69, 9.17) is 0 Å². The van der Waals surface area contributed by atoms with E-state index >= 15 is 0 Å². The van der Waals surface area contributed by atoms with Gasteiger partial charge in [0.2, 0.25) is 0 Å². The molecule has 1 fully saturated rings. The van der Waals surface area contributed by atoms with E-state index in [-0.39, 0.29) is 17.6 Å². The van der Waals surface area contributed by atoms with Crippen molar-refractivity contribution in [1.29, 1.82) is 0 Å². The fourth-order valence-corrected chi connectivity index (χ4v) is 2.79. The summed E-state index contributed by atoms with van der Waals surface area (Å²) in [6, 6.07) is 4.94.